The molecule has 0 rings (SSSR count). The Morgan fingerprint density at radius 3 is 1.14 bits per heavy atom. The van der Waals surface area contributed by atoms with Crippen LogP contribution in [0.25, 0.3) is 0 Å². The van der Waals surface area contributed by atoms with Crippen molar-refractivity contribution in [2.24, 2.45) is 0 Å². The van der Waals surface area contributed by atoms with Gasteiger partial charge in [0.05, 0.1) is 0 Å². The van der Waals surface area contributed by atoms with Gasteiger partial charge in [-0.15, -0.1) is 0 Å². The molecule has 0 fully saturated rings. The Labute approximate surface area is 63.2 Å². The van der Waals surface area contributed by atoms with Crippen molar-refractivity contribution in [3.63, 3.8) is 0 Å². The van der Waals surface area contributed by atoms with E-state index in [-0.39, 0.29) is 35.9 Å². The molecule has 1 radical (unpaired) electrons. The predicted octanol–water partition coefficient (Wildman–Crippen LogP) is -2.12. The van der Waals surface area contributed by atoms with Crippen LogP contribution in [0.15, 0.2) is 0 Å². The van der Waals surface area contributed by atoms with E-state index in [1.165, 1.54) is 0 Å². The minimum atomic E-state index is -4.64. The molecule has 0 aliphatic heterocycles. The molecule has 7 heavy (non-hydrogen) atoms. The van der Waals surface area contributed by atoms with Crippen LogP contribution >= 0.6 is 7.82 Å². The van der Waals surface area contributed by atoms with Crippen LogP contribution in [0.5, 0.6) is 0 Å². The summed E-state index contributed by atoms with van der Waals surface area (Å²) < 4.78 is 8.88. The van der Waals surface area contributed by atoms with Gasteiger partial charge in [0.25, 0.3) is 0 Å². The van der Waals surface area contributed by atoms with Crippen LogP contribution in [-0.2, 0) is 23.1 Å². The van der Waals surface area contributed by atoms with Crippen LogP contribution in [0.4, 0.5) is 0 Å². The molecule has 0 saturated carbocycles. The van der Waals surface area contributed by atoms with E-state index in [0.29, 0.717) is 0 Å². The standard InChI is InChI=1S/Al.H3O4P.V.3H/c;1-5(2,3)4;;;;/h;(H3,1,2,3,4);;;;. The van der Waals surface area contributed by atoms with Crippen molar-refractivity contribution in [1.29, 1.82) is 0 Å². The molecule has 0 amide bonds. The Morgan fingerprint density at radius 1 is 1.14 bits per heavy atom. The van der Waals surface area contributed by atoms with Gasteiger partial charge in [0.2, 0.25) is 0 Å². The molecule has 0 aromatic carbocycles. The van der Waals surface area contributed by atoms with Crippen LogP contribution in [0, 0.1) is 0 Å². The summed E-state index contributed by atoms with van der Waals surface area (Å²) in [6.07, 6.45) is 0. The average molecular weight is 179 g/mol. The molecule has 0 saturated heterocycles. The molecule has 0 aliphatic rings. The van der Waals surface area contributed by atoms with Crippen LogP contribution in [0.2, 0.25) is 0 Å². The average Bonchev–Trinajstić information content (AvgIpc) is 0.722. The van der Waals surface area contributed by atoms with Crippen molar-refractivity contribution in [1.82, 2.24) is 0 Å². The summed E-state index contributed by atoms with van der Waals surface area (Å²) in [4.78, 5) is 21.6. The molecule has 0 heterocycles. The minimum absolute atomic E-state index is 0. The Kier molecular flexibility index (Phi) is 12.1. The van der Waals surface area contributed by atoms with Crippen LogP contribution in [0.3, 0.4) is 0 Å². The molecular weight excluding hydrogens is 173 g/mol. The van der Waals surface area contributed by atoms with Crippen molar-refractivity contribution in [3.05, 3.63) is 0 Å². The minimum Gasteiger partial charge on any atom is -0.303 e. The summed E-state index contributed by atoms with van der Waals surface area (Å²) in [5.74, 6) is 0. The van der Waals surface area contributed by atoms with Gasteiger partial charge in [-0.25, -0.2) is 4.57 Å². The number of hydrogen-bond acceptors (Lipinski definition) is 1. The summed E-state index contributed by atoms with van der Waals surface area (Å²) in [6.45, 7) is 0. The van der Waals surface area contributed by atoms with Gasteiger partial charge in [-0.2, -0.15) is 0 Å². The fourth-order valence-corrected chi connectivity index (χ4v) is 0. The van der Waals surface area contributed by atoms with Crippen molar-refractivity contribution >= 4 is 25.2 Å². The first kappa shape index (κ1) is 15.7. The van der Waals surface area contributed by atoms with Crippen molar-refractivity contribution in [3.8, 4) is 0 Å². The molecule has 0 atom stereocenters. The topological polar surface area (TPSA) is 77.8 Å². The first-order chi connectivity index (χ1) is 2.00. The Bertz CT molecular complexity index is 57.8. The number of phosphoric acid groups is 1. The Hall–Kier alpha value is 1.23. The van der Waals surface area contributed by atoms with Crippen LogP contribution < -0.4 is 0 Å². The smallest absolute Gasteiger partial charge is 0.303 e. The Morgan fingerprint density at radius 2 is 1.14 bits per heavy atom. The largest absolute Gasteiger partial charge is 0.466 e. The summed E-state index contributed by atoms with van der Waals surface area (Å²) in [5, 5.41) is 0. The summed E-state index contributed by atoms with van der Waals surface area (Å²) in [7, 11) is -4.64. The van der Waals surface area contributed by atoms with Gasteiger partial charge in [0.1, 0.15) is 0 Å². The maximum atomic E-state index is 8.88. The van der Waals surface area contributed by atoms with Gasteiger partial charge < -0.3 is 14.7 Å². The van der Waals surface area contributed by atoms with Gasteiger partial charge in [0, 0.05) is 18.6 Å². The summed E-state index contributed by atoms with van der Waals surface area (Å²) in [5.41, 5.74) is 0. The van der Waals surface area contributed by atoms with Crippen molar-refractivity contribution in [2.45, 2.75) is 0 Å². The molecule has 0 bridgehead atoms. The second-order valence-electron chi connectivity index (χ2n) is 0.513. The van der Waals surface area contributed by atoms with Gasteiger partial charge >= 0.3 is 7.82 Å². The van der Waals surface area contributed by atoms with Gasteiger partial charge in [-0.3, -0.25) is 0 Å². The second-order valence-corrected chi connectivity index (χ2v) is 1.54. The summed E-state index contributed by atoms with van der Waals surface area (Å²) in [6, 6.07) is 0. The first-order valence-electron chi connectivity index (χ1n) is 0.783. The number of hydrogen-bond donors (Lipinski definition) is 3. The molecular formula is H6AlO4PV. The zero-order valence-corrected chi connectivity index (χ0v) is 4.94. The normalized spacial score (nSPS) is 8.43. The van der Waals surface area contributed by atoms with Gasteiger partial charge in [-0.05, 0) is 0 Å². The molecule has 4 nitrogen and oxygen atoms in total. The maximum Gasteiger partial charge on any atom is 0.466 e. The molecule has 0 aromatic rings. The third kappa shape index (κ3) is 131. The van der Waals surface area contributed by atoms with E-state index in [1.54, 1.807) is 0 Å². The monoisotopic (exact) mass is 179 g/mol. The fraction of sp³-hybridized carbons (Fsp3) is 0. The van der Waals surface area contributed by atoms with Crippen LogP contribution in [-0.4, -0.2) is 32.0 Å². The molecule has 43 valence electrons. The van der Waals surface area contributed by atoms with E-state index in [9.17, 15) is 0 Å². The molecule has 0 aromatic heterocycles. The van der Waals surface area contributed by atoms with Crippen molar-refractivity contribution < 1.29 is 37.8 Å². The predicted molar refractivity (Wildman–Crippen MR) is 24.2 cm³/mol. The van der Waals surface area contributed by atoms with E-state index < -0.39 is 7.82 Å². The van der Waals surface area contributed by atoms with E-state index in [0.717, 1.165) is 0 Å². The van der Waals surface area contributed by atoms with E-state index in [1.807, 2.05) is 0 Å². The SMILES string of the molecule is O=P(O)(O)O.[AlH3].[V]. The Balaban J connectivity index is -0.0000000800. The maximum absolute atomic E-state index is 8.88. The van der Waals surface area contributed by atoms with Crippen LogP contribution in [0.1, 0.15) is 0 Å². The quantitative estimate of drug-likeness (QED) is 0.293. The first-order valence-corrected chi connectivity index (χ1v) is 2.35. The molecule has 0 unspecified atom stereocenters. The third-order valence-electron chi connectivity index (χ3n) is 0. The van der Waals surface area contributed by atoms with E-state index in [2.05, 4.69) is 0 Å². The number of rotatable bonds is 0. The fourth-order valence-electron chi connectivity index (χ4n) is 0. The van der Waals surface area contributed by atoms with E-state index in [4.69, 9.17) is 19.2 Å². The molecule has 0 aliphatic carbocycles. The van der Waals surface area contributed by atoms with E-state index >= 15 is 0 Å². The molecule has 0 spiro atoms. The zero-order valence-electron chi connectivity index (χ0n) is 2.64. The van der Waals surface area contributed by atoms with Gasteiger partial charge in [0.15, 0.2) is 17.4 Å². The molecule has 3 N–H and O–H groups in total. The second kappa shape index (κ2) is 5.37. The third-order valence-corrected chi connectivity index (χ3v) is 0. The molecule has 7 heteroatoms. The summed E-state index contributed by atoms with van der Waals surface area (Å²) >= 11 is 0. The zero-order chi connectivity index (χ0) is 4.50. The van der Waals surface area contributed by atoms with Crippen molar-refractivity contribution in [2.75, 3.05) is 0 Å². The van der Waals surface area contributed by atoms with Gasteiger partial charge in [-0.1, -0.05) is 0 Å².